The summed E-state index contributed by atoms with van der Waals surface area (Å²) < 4.78 is 18.5. The fourth-order valence-corrected chi connectivity index (χ4v) is 2.68. The molecule has 0 radical (unpaired) electrons. The molecule has 120 valence electrons. The molecule has 4 aromatic rings. The van der Waals surface area contributed by atoms with Crippen molar-refractivity contribution in [1.82, 2.24) is 9.55 Å². The van der Waals surface area contributed by atoms with Gasteiger partial charge in [-0.25, -0.2) is 4.98 Å². The van der Waals surface area contributed by atoms with Crippen LogP contribution < -0.4 is 9.47 Å². The Morgan fingerprint density at radius 1 is 0.917 bits per heavy atom. The van der Waals surface area contributed by atoms with Gasteiger partial charge in [0.1, 0.15) is 5.52 Å². The first-order chi connectivity index (χ1) is 11.8. The average Bonchev–Trinajstić information content (AvgIpc) is 3.29. The van der Waals surface area contributed by atoms with Crippen molar-refractivity contribution in [2.45, 2.75) is 0 Å². The zero-order chi connectivity index (χ0) is 16.5. The van der Waals surface area contributed by atoms with Crippen molar-refractivity contribution < 1.29 is 13.9 Å². The number of methoxy groups -OCH3 is 2. The number of hydrogen-bond acceptors (Lipinski definition) is 4. The van der Waals surface area contributed by atoms with Crippen molar-refractivity contribution in [3.05, 3.63) is 60.9 Å². The molecule has 0 spiro atoms. The Morgan fingerprint density at radius 2 is 1.71 bits per heavy atom. The molecule has 0 aliphatic carbocycles. The Morgan fingerprint density at radius 3 is 2.46 bits per heavy atom. The fourth-order valence-electron chi connectivity index (χ4n) is 2.68. The molecule has 0 aliphatic rings. The van der Waals surface area contributed by atoms with Gasteiger partial charge in [-0.2, -0.15) is 0 Å². The zero-order valence-electron chi connectivity index (χ0n) is 13.4. The first kappa shape index (κ1) is 14.4. The minimum absolute atomic E-state index is 0.551. The van der Waals surface area contributed by atoms with Gasteiger partial charge in [0.05, 0.1) is 14.2 Å². The van der Waals surface area contributed by atoms with E-state index in [1.54, 1.807) is 14.2 Å². The van der Waals surface area contributed by atoms with Gasteiger partial charge in [0, 0.05) is 23.6 Å². The number of oxazole rings is 1. The summed E-state index contributed by atoms with van der Waals surface area (Å²) in [7, 11) is 3.22. The van der Waals surface area contributed by atoms with E-state index in [2.05, 4.69) is 4.98 Å². The predicted octanol–water partition coefficient (Wildman–Crippen LogP) is 4.30. The maximum absolute atomic E-state index is 5.88. The number of rotatable bonds is 4. The van der Waals surface area contributed by atoms with Crippen molar-refractivity contribution in [2.75, 3.05) is 14.2 Å². The zero-order valence-corrected chi connectivity index (χ0v) is 13.4. The van der Waals surface area contributed by atoms with Crippen LogP contribution in [0.5, 0.6) is 11.5 Å². The normalized spacial score (nSPS) is 10.9. The molecule has 0 amide bonds. The van der Waals surface area contributed by atoms with E-state index < -0.39 is 0 Å². The molecule has 5 heteroatoms. The first-order valence-electron chi connectivity index (χ1n) is 7.55. The largest absolute Gasteiger partial charge is 0.493 e. The van der Waals surface area contributed by atoms with Crippen molar-refractivity contribution in [3.8, 4) is 28.6 Å². The topological polar surface area (TPSA) is 49.4 Å². The highest BCUT2D eigenvalue weighted by Gasteiger charge is 2.12. The van der Waals surface area contributed by atoms with Crippen molar-refractivity contribution in [1.29, 1.82) is 0 Å². The first-order valence-corrected chi connectivity index (χ1v) is 7.55. The summed E-state index contributed by atoms with van der Waals surface area (Å²) >= 11 is 0. The lowest BCUT2D eigenvalue weighted by Gasteiger charge is -2.07. The van der Waals surface area contributed by atoms with Crippen LogP contribution in [0.4, 0.5) is 0 Å². The van der Waals surface area contributed by atoms with Gasteiger partial charge >= 0.3 is 0 Å². The summed E-state index contributed by atoms with van der Waals surface area (Å²) in [6.07, 6.45) is 3.99. The van der Waals surface area contributed by atoms with Crippen LogP contribution in [0.2, 0.25) is 0 Å². The van der Waals surface area contributed by atoms with Crippen LogP contribution in [0.25, 0.3) is 28.2 Å². The molecule has 0 saturated carbocycles. The maximum Gasteiger partial charge on any atom is 0.227 e. The van der Waals surface area contributed by atoms with Gasteiger partial charge in [-0.3, -0.25) is 0 Å². The highest BCUT2D eigenvalue weighted by atomic mass is 16.5. The molecule has 0 unspecified atom stereocenters. The predicted molar refractivity (Wildman–Crippen MR) is 91.9 cm³/mol. The molecule has 24 heavy (non-hydrogen) atoms. The molecule has 2 aromatic heterocycles. The lowest BCUT2D eigenvalue weighted by molar-refractivity contribution is 0.355. The van der Waals surface area contributed by atoms with E-state index in [9.17, 15) is 0 Å². The molecule has 2 heterocycles. The lowest BCUT2D eigenvalue weighted by atomic mass is 10.2. The van der Waals surface area contributed by atoms with E-state index in [1.165, 1.54) is 0 Å². The van der Waals surface area contributed by atoms with Gasteiger partial charge in [-0.1, -0.05) is 0 Å². The number of aromatic nitrogens is 2. The van der Waals surface area contributed by atoms with Gasteiger partial charge in [0.2, 0.25) is 5.89 Å². The van der Waals surface area contributed by atoms with Crippen LogP contribution in [0.3, 0.4) is 0 Å². The Hall–Kier alpha value is -3.21. The number of benzene rings is 2. The molecular weight excluding hydrogens is 304 g/mol. The molecule has 2 aromatic carbocycles. The van der Waals surface area contributed by atoms with Crippen LogP contribution >= 0.6 is 0 Å². The van der Waals surface area contributed by atoms with Crippen LogP contribution in [-0.4, -0.2) is 23.8 Å². The second-order valence-corrected chi connectivity index (χ2v) is 5.33. The molecular formula is C19H16N2O3. The Balaban J connectivity index is 1.78. The quantitative estimate of drug-likeness (QED) is 0.562. The second kappa shape index (κ2) is 5.77. The molecule has 0 N–H and O–H groups in total. The highest BCUT2D eigenvalue weighted by molar-refractivity contribution is 5.78. The third kappa shape index (κ3) is 2.40. The standard InChI is InChI=1S/C19H16N2O3/c1-22-17-7-5-13(11-18(17)23-2)19-20-15-12-14(6-8-16(15)24-19)21-9-3-4-10-21/h3-12H,1-2H3. The molecule has 0 aliphatic heterocycles. The van der Waals surface area contributed by atoms with Crippen molar-refractivity contribution >= 4 is 11.1 Å². The molecule has 0 fully saturated rings. The van der Waals surface area contributed by atoms with Crippen LogP contribution in [-0.2, 0) is 0 Å². The second-order valence-electron chi connectivity index (χ2n) is 5.33. The van der Waals surface area contributed by atoms with E-state index in [-0.39, 0.29) is 0 Å². The third-order valence-corrected chi connectivity index (χ3v) is 3.90. The Kier molecular flexibility index (Phi) is 3.46. The van der Waals surface area contributed by atoms with Gasteiger partial charge in [-0.15, -0.1) is 0 Å². The summed E-state index contributed by atoms with van der Waals surface area (Å²) in [5.74, 6) is 1.87. The van der Waals surface area contributed by atoms with Crippen molar-refractivity contribution in [3.63, 3.8) is 0 Å². The Bertz CT molecular complexity index is 987. The van der Waals surface area contributed by atoms with E-state index >= 15 is 0 Å². The number of nitrogens with zero attached hydrogens (tertiary/aromatic N) is 2. The summed E-state index contributed by atoms with van der Waals surface area (Å²) in [5, 5.41) is 0. The van der Waals surface area contributed by atoms with E-state index in [4.69, 9.17) is 13.9 Å². The monoisotopic (exact) mass is 320 g/mol. The van der Waals surface area contributed by atoms with Crippen molar-refractivity contribution in [2.24, 2.45) is 0 Å². The fraction of sp³-hybridized carbons (Fsp3) is 0.105. The molecule has 0 atom stereocenters. The van der Waals surface area contributed by atoms with Crippen LogP contribution in [0.1, 0.15) is 0 Å². The van der Waals surface area contributed by atoms with E-state index in [0.717, 1.165) is 22.4 Å². The van der Waals surface area contributed by atoms with Gasteiger partial charge in [-0.05, 0) is 48.5 Å². The molecule has 4 rings (SSSR count). The molecule has 5 nitrogen and oxygen atoms in total. The van der Waals surface area contributed by atoms with Gasteiger partial charge < -0.3 is 18.5 Å². The molecule has 0 saturated heterocycles. The number of hydrogen-bond donors (Lipinski definition) is 0. The van der Waals surface area contributed by atoms with E-state index in [1.807, 2.05) is 65.5 Å². The van der Waals surface area contributed by atoms with Crippen LogP contribution in [0.15, 0.2) is 65.3 Å². The smallest absolute Gasteiger partial charge is 0.227 e. The third-order valence-electron chi connectivity index (χ3n) is 3.90. The summed E-state index contributed by atoms with van der Waals surface area (Å²) in [6, 6.07) is 15.5. The minimum atomic E-state index is 0.551. The summed E-state index contributed by atoms with van der Waals surface area (Å²) in [4.78, 5) is 4.61. The van der Waals surface area contributed by atoms with E-state index in [0.29, 0.717) is 17.4 Å². The maximum atomic E-state index is 5.88. The SMILES string of the molecule is COc1ccc(-c2nc3cc(-n4cccc4)ccc3o2)cc1OC. The summed E-state index contributed by atoms with van der Waals surface area (Å²) in [5.41, 5.74) is 3.44. The average molecular weight is 320 g/mol. The van der Waals surface area contributed by atoms with Gasteiger partial charge in [0.25, 0.3) is 0 Å². The highest BCUT2D eigenvalue weighted by Crippen LogP contribution is 2.33. The summed E-state index contributed by atoms with van der Waals surface area (Å²) in [6.45, 7) is 0. The Labute approximate surface area is 139 Å². The number of ether oxygens (including phenoxy) is 2. The minimum Gasteiger partial charge on any atom is -0.493 e. The number of fused-ring (bicyclic) bond motifs is 1. The lowest BCUT2D eigenvalue weighted by Crippen LogP contribution is -1.90. The van der Waals surface area contributed by atoms with Gasteiger partial charge in [0.15, 0.2) is 17.1 Å². The molecule has 0 bridgehead atoms. The van der Waals surface area contributed by atoms with Crippen LogP contribution in [0, 0.1) is 0 Å².